The lowest BCUT2D eigenvalue weighted by molar-refractivity contribution is -0.137. The lowest BCUT2D eigenvalue weighted by atomic mass is 10.0. The first kappa shape index (κ1) is 26.1. The summed E-state index contributed by atoms with van der Waals surface area (Å²) in [6, 6.07) is 20.6. The minimum absolute atomic E-state index is 0.0483. The second-order valence-corrected chi connectivity index (χ2v) is 10.1. The minimum Gasteiger partial charge on any atom is -0.299 e. The molecule has 0 amide bonds. The smallest absolute Gasteiger partial charge is 0.299 e. The predicted molar refractivity (Wildman–Crippen MR) is 135 cm³/mol. The van der Waals surface area contributed by atoms with Gasteiger partial charge in [0.1, 0.15) is 5.78 Å². The SMILES string of the molecule is O=C(CCc1cccnc1)Cc1ccc(NS(=O)(=O)c2ccccc2-c2cccc(C(F)(F)F)c2)cc1. The molecule has 0 spiro atoms. The van der Waals surface area contributed by atoms with Gasteiger partial charge in [0, 0.05) is 36.5 Å². The average molecular weight is 525 g/mol. The molecule has 0 aliphatic carbocycles. The molecular formula is C28H23F3N2O3S. The fourth-order valence-electron chi connectivity index (χ4n) is 3.85. The maximum Gasteiger partial charge on any atom is 0.416 e. The number of nitrogens with zero attached hydrogens (tertiary/aromatic N) is 1. The van der Waals surface area contributed by atoms with Crippen molar-refractivity contribution in [2.24, 2.45) is 0 Å². The van der Waals surface area contributed by atoms with Crippen molar-refractivity contribution in [2.75, 3.05) is 4.72 Å². The number of carbonyl (C=O) groups excluding carboxylic acids is 1. The van der Waals surface area contributed by atoms with Crippen LogP contribution in [0.4, 0.5) is 18.9 Å². The largest absolute Gasteiger partial charge is 0.416 e. The summed E-state index contributed by atoms with van der Waals surface area (Å²) in [5.41, 5.74) is 1.41. The van der Waals surface area contributed by atoms with Crippen LogP contribution in [-0.2, 0) is 33.8 Å². The number of rotatable bonds is 9. The van der Waals surface area contributed by atoms with E-state index in [1.807, 2.05) is 12.1 Å². The molecule has 0 fully saturated rings. The van der Waals surface area contributed by atoms with Gasteiger partial charge in [0.2, 0.25) is 0 Å². The summed E-state index contributed by atoms with van der Waals surface area (Å²) >= 11 is 0. The van der Waals surface area contributed by atoms with Gasteiger partial charge in [0.25, 0.3) is 10.0 Å². The Morgan fingerprint density at radius 1 is 0.865 bits per heavy atom. The van der Waals surface area contributed by atoms with Crippen LogP contribution in [0.1, 0.15) is 23.1 Å². The van der Waals surface area contributed by atoms with Gasteiger partial charge < -0.3 is 0 Å². The number of aromatic nitrogens is 1. The van der Waals surface area contributed by atoms with E-state index in [0.717, 1.165) is 23.3 Å². The van der Waals surface area contributed by atoms with E-state index in [-0.39, 0.29) is 33.9 Å². The number of pyridine rings is 1. The second kappa shape index (κ2) is 11.0. The summed E-state index contributed by atoms with van der Waals surface area (Å²) in [6.45, 7) is 0. The Kier molecular flexibility index (Phi) is 7.73. The van der Waals surface area contributed by atoms with Crippen LogP contribution in [0.2, 0.25) is 0 Å². The highest BCUT2D eigenvalue weighted by Gasteiger charge is 2.31. The molecule has 1 N–H and O–H groups in total. The second-order valence-electron chi connectivity index (χ2n) is 8.45. The molecule has 0 aliphatic rings. The quantitative estimate of drug-likeness (QED) is 0.278. The van der Waals surface area contributed by atoms with E-state index >= 15 is 0 Å². The summed E-state index contributed by atoms with van der Waals surface area (Å²) in [4.78, 5) is 16.2. The van der Waals surface area contributed by atoms with Crippen molar-refractivity contribution in [2.45, 2.75) is 30.3 Å². The number of benzene rings is 3. The molecule has 37 heavy (non-hydrogen) atoms. The zero-order valence-corrected chi connectivity index (χ0v) is 20.4. The molecule has 1 aromatic heterocycles. The van der Waals surface area contributed by atoms with Crippen molar-refractivity contribution in [3.63, 3.8) is 0 Å². The highest BCUT2D eigenvalue weighted by Crippen LogP contribution is 2.34. The Bertz CT molecular complexity index is 1490. The number of ketones is 1. The topological polar surface area (TPSA) is 76.1 Å². The normalized spacial score (nSPS) is 11.8. The lowest BCUT2D eigenvalue weighted by Crippen LogP contribution is -2.14. The third-order valence-corrected chi connectivity index (χ3v) is 7.14. The number of anilines is 1. The molecule has 0 saturated carbocycles. The molecule has 190 valence electrons. The fraction of sp³-hybridized carbons (Fsp3) is 0.143. The third kappa shape index (κ3) is 6.83. The molecule has 5 nitrogen and oxygen atoms in total. The highest BCUT2D eigenvalue weighted by molar-refractivity contribution is 7.92. The molecular weight excluding hydrogens is 501 g/mol. The Morgan fingerprint density at radius 3 is 2.32 bits per heavy atom. The molecule has 3 aromatic carbocycles. The molecule has 0 unspecified atom stereocenters. The summed E-state index contributed by atoms with van der Waals surface area (Å²) in [5.74, 6) is 0.0483. The minimum atomic E-state index is -4.55. The Morgan fingerprint density at radius 2 is 1.62 bits per heavy atom. The maximum atomic E-state index is 13.2. The van der Waals surface area contributed by atoms with Crippen LogP contribution in [0.3, 0.4) is 0 Å². The third-order valence-electron chi connectivity index (χ3n) is 5.70. The molecule has 0 bridgehead atoms. The van der Waals surface area contributed by atoms with Crippen LogP contribution >= 0.6 is 0 Å². The van der Waals surface area contributed by atoms with Gasteiger partial charge >= 0.3 is 6.18 Å². The standard InChI is InChI=1S/C28H23F3N2O3S/c29-28(30,31)23-7-3-6-22(18-23)26-8-1-2-9-27(26)37(35,36)33-24-13-10-20(11-14-24)17-25(34)15-12-21-5-4-16-32-19-21/h1-11,13-14,16,18-19,33H,12,15,17H2. The van der Waals surface area contributed by atoms with Gasteiger partial charge in [-0.05, 0) is 59.5 Å². The lowest BCUT2D eigenvalue weighted by Gasteiger charge is -2.14. The van der Waals surface area contributed by atoms with Gasteiger partial charge in [-0.3, -0.25) is 14.5 Å². The van der Waals surface area contributed by atoms with E-state index in [1.54, 1.807) is 42.7 Å². The van der Waals surface area contributed by atoms with Crippen LogP contribution < -0.4 is 4.72 Å². The number of halogens is 3. The van der Waals surface area contributed by atoms with Gasteiger partial charge in [-0.25, -0.2) is 8.42 Å². The van der Waals surface area contributed by atoms with E-state index in [1.165, 1.54) is 30.3 Å². The number of nitrogens with one attached hydrogen (secondary N) is 1. The zero-order chi connectivity index (χ0) is 26.5. The monoisotopic (exact) mass is 524 g/mol. The number of carbonyl (C=O) groups is 1. The van der Waals surface area contributed by atoms with Gasteiger partial charge in [-0.1, -0.05) is 48.5 Å². The van der Waals surface area contributed by atoms with E-state index in [2.05, 4.69) is 9.71 Å². The molecule has 0 radical (unpaired) electrons. The number of hydrogen-bond donors (Lipinski definition) is 1. The highest BCUT2D eigenvalue weighted by atomic mass is 32.2. The van der Waals surface area contributed by atoms with Crippen molar-refractivity contribution in [3.8, 4) is 11.1 Å². The first-order valence-electron chi connectivity index (χ1n) is 11.4. The Labute approximate surface area is 213 Å². The average Bonchev–Trinajstić information content (AvgIpc) is 2.89. The fourth-order valence-corrected chi connectivity index (χ4v) is 5.14. The van der Waals surface area contributed by atoms with Crippen LogP contribution in [0.15, 0.2) is 102 Å². The number of sulfonamides is 1. The van der Waals surface area contributed by atoms with E-state index < -0.39 is 21.8 Å². The van der Waals surface area contributed by atoms with Gasteiger partial charge in [-0.2, -0.15) is 13.2 Å². The van der Waals surface area contributed by atoms with Gasteiger partial charge in [-0.15, -0.1) is 0 Å². The molecule has 9 heteroatoms. The maximum absolute atomic E-state index is 13.2. The van der Waals surface area contributed by atoms with Crippen molar-refractivity contribution in [1.29, 1.82) is 0 Å². The predicted octanol–water partition coefficient (Wildman–Crippen LogP) is 6.31. The zero-order valence-electron chi connectivity index (χ0n) is 19.6. The number of hydrogen-bond acceptors (Lipinski definition) is 4. The molecule has 4 rings (SSSR count). The van der Waals surface area contributed by atoms with Crippen LogP contribution in [0.5, 0.6) is 0 Å². The van der Waals surface area contributed by atoms with Crippen molar-refractivity contribution >= 4 is 21.5 Å². The van der Waals surface area contributed by atoms with E-state index in [9.17, 15) is 26.4 Å². The van der Waals surface area contributed by atoms with E-state index in [4.69, 9.17) is 0 Å². The van der Waals surface area contributed by atoms with Crippen molar-refractivity contribution in [1.82, 2.24) is 4.98 Å². The Hall–Kier alpha value is -3.98. The van der Waals surface area contributed by atoms with Gasteiger partial charge in [0.05, 0.1) is 10.5 Å². The summed E-state index contributed by atoms with van der Waals surface area (Å²) in [5, 5.41) is 0. The summed E-state index contributed by atoms with van der Waals surface area (Å²) in [6.07, 6.45) is 0.0162. The number of alkyl halides is 3. The number of aryl methyl sites for hydroxylation is 1. The first-order valence-corrected chi connectivity index (χ1v) is 12.9. The van der Waals surface area contributed by atoms with Crippen molar-refractivity contribution < 1.29 is 26.4 Å². The van der Waals surface area contributed by atoms with Crippen LogP contribution in [-0.4, -0.2) is 19.2 Å². The number of Topliss-reactive ketones (excluding diaryl/α,β-unsaturated/α-hetero) is 1. The summed E-state index contributed by atoms with van der Waals surface area (Å²) < 4.78 is 68.4. The molecule has 0 atom stereocenters. The van der Waals surface area contributed by atoms with Crippen molar-refractivity contribution in [3.05, 3.63) is 114 Å². The van der Waals surface area contributed by atoms with Crippen LogP contribution in [0.25, 0.3) is 11.1 Å². The Balaban J connectivity index is 1.47. The van der Waals surface area contributed by atoms with Crippen LogP contribution in [0, 0.1) is 0 Å². The molecule has 0 saturated heterocycles. The van der Waals surface area contributed by atoms with Gasteiger partial charge in [0.15, 0.2) is 0 Å². The summed E-state index contributed by atoms with van der Waals surface area (Å²) in [7, 11) is -4.12. The molecule has 4 aromatic rings. The van der Waals surface area contributed by atoms with E-state index in [0.29, 0.717) is 12.8 Å². The molecule has 1 heterocycles. The molecule has 0 aliphatic heterocycles. The first-order chi connectivity index (χ1) is 17.6.